The highest BCUT2D eigenvalue weighted by molar-refractivity contribution is 7.11. The number of nitrogen functional groups attached to an aromatic ring is 1. The molecule has 2 N–H and O–H groups in total. The van der Waals surface area contributed by atoms with Gasteiger partial charge in [-0.3, -0.25) is 0 Å². The van der Waals surface area contributed by atoms with Gasteiger partial charge in [-0.1, -0.05) is 12.1 Å². The van der Waals surface area contributed by atoms with Crippen LogP contribution in [-0.2, 0) is 0 Å². The summed E-state index contributed by atoms with van der Waals surface area (Å²) < 4.78 is 9.55. The number of aryl methyl sites for hydroxylation is 1. The minimum Gasteiger partial charge on any atom is -0.490 e. The SMILES string of the molecule is COc1c(N)nsc1N1CCN(c2cccc(C)c2)CC1. The summed E-state index contributed by atoms with van der Waals surface area (Å²) in [7, 11) is 1.65. The second kappa shape index (κ2) is 5.81. The lowest BCUT2D eigenvalue weighted by Gasteiger charge is -2.36. The number of anilines is 3. The fraction of sp³-hybridized carbons (Fsp3) is 0.400. The van der Waals surface area contributed by atoms with E-state index in [-0.39, 0.29) is 0 Å². The zero-order valence-corrected chi connectivity index (χ0v) is 13.2. The highest BCUT2D eigenvalue weighted by atomic mass is 32.1. The fourth-order valence-electron chi connectivity index (χ4n) is 2.67. The monoisotopic (exact) mass is 304 g/mol. The summed E-state index contributed by atoms with van der Waals surface area (Å²) in [6.07, 6.45) is 0. The summed E-state index contributed by atoms with van der Waals surface area (Å²) in [6, 6.07) is 8.66. The summed E-state index contributed by atoms with van der Waals surface area (Å²) in [5.74, 6) is 1.20. The molecule has 0 saturated carbocycles. The molecule has 2 aromatic rings. The maximum atomic E-state index is 5.83. The van der Waals surface area contributed by atoms with Gasteiger partial charge < -0.3 is 20.3 Å². The summed E-state index contributed by atoms with van der Waals surface area (Å²) in [5, 5.41) is 1.04. The first-order chi connectivity index (χ1) is 10.2. The van der Waals surface area contributed by atoms with Crippen LogP contribution in [0.25, 0.3) is 0 Å². The molecule has 112 valence electrons. The number of hydrogen-bond acceptors (Lipinski definition) is 6. The quantitative estimate of drug-likeness (QED) is 0.943. The first kappa shape index (κ1) is 14.0. The van der Waals surface area contributed by atoms with Crippen LogP contribution in [-0.4, -0.2) is 37.7 Å². The molecule has 1 fully saturated rings. The number of nitrogens with two attached hydrogens (primary N) is 1. The molecule has 1 aliphatic rings. The van der Waals surface area contributed by atoms with Crippen molar-refractivity contribution in [2.75, 3.05) is 48.8 Å². The number of rotatable bonds is 3. The van der Waals surface area contributed by atoms with Crippen molar-refractivity contribution in [3.8, 4) is 5.75 Å². The largest absolute Gasteiger partial charge is 0.490 e. The van der Waals surface area contributed by atoms with E-state index in [4.69, 9.17) is 10.5 Å². The van der Waals surface area contributed by atoms with Crippen molar-refractivity contribution in [3.63, 3.8) is 0 Å². The second-order valence-electron chi connectivity index (χ2n) is 5.22. The molecule has 0 spiro atoms. The Bertz CT molecular complexity index is 620. The third-order valence-electron chi connectivity index (χ3n) is 3.80. The van der Waals surface area contributed by atoms with E-state index in [2.05, 4.69) is 45.4 Å². The zero-order chi connectivity index (χ0) is 14.8. The average molecular weight is 304 g/mol. The predicted molar refractivity (Wildman–Crippen MR) is 88.7 cm³/mol. The summed E-state index contributed by atoms with van der Waals surface area (Å²) in [4.78, 5) is 4.72. The van der Waals surface area contributed by atoms with Gasteiger partial charge in [0.2, 0.25) is 0 Å². The van der Waals surface area contributed by atoms with Crippen LogP contribution in [0.3, 0.4) is 0 Å². The molecular formula is C15H20N4OS. The summed E-state index contributed by atoms with van der Waals surface area (Å²) in [6.45, 7) is 6.01. The number of piperazine rings is 1. The molecule has 1 aliphatic heterocycles. The van der Waals surface area contributed by atoms with Crippen LogP contribution in [0.5, 0.6) is 5.75 Å². The van der Waals surface area contributed by atoms with Crippen LogP contribution in [0.4, 0.5) is 16.5 Å². The van der Waals surface area contributed by atoms with Crippen molar-refractivity contribution in [2.45, 2.75) is 6.92 Å². The third-order valence-corrected chi connectivity index (χ3v) is 4.70. The Kier molecular flexibility index (Phi) is 3.88. The topological polar surface area (TPSA) is 54.6 Å². The molecule has 5 nitrogen and oxygen atoms in total. The fourth-order valence-corrected chi connectivity index (χ4v) is 3.51. The molecule has 6 heteroatoms. The Hall–Kier alpha value is -1.95. The van der Waals surface area contributed by atoms with Gasteiger partial charge in [-0.2, -0.15) is 4.37 Å². The molecule has 0 amide bonds. The number of nitrogens with zero attached hydrogens (tertiary/aromatic N) is 3. The van der Waals surface area contributed by atoms with E-state index in [0.29, 0.717) is 11.6 Å². The van der Waals surface area contributed by atoms with Crippen molar-refractivity contribution in [2.24, 2.45) is 0 Å². The van der Waals surface area contributed by atoms with Gasteiger partial charge in [-0.05, 0) is 36.2 Å². The van der Waals surface area contributed by atoms with E-state index in [1.165, 1.54) is 22.8 Å². The highest BCUT2D eigenvalue weighted by Gasteiger charge is 2.23. The lowest BCUT2D eigenvalue weighted by molar-refractivity contribution is 0.417. The summed E-state index contributed by atoms with van der Waals surface area (Å²) in [5.41, 5.74) is 8.43. The molecule has 21 heavy (non-hydrogen) atoms. The Morgan fingerprint density at radius 1 is 1.19 bits per heavy atom. The predicted octanol–water partition coefficient (Wildman–Crippen LogP) is 2.37. The molecule has 0 atom stereocenters. The van der Waals surface area contributed by atoms with Gasteiger partial charge in [-0.25, -0.2) is 0 Å². The van der Waals surface area contributed by atoms with Crippen molar-refractivity contribution < 1.29 is 4.74 Å². The average Bonchev–Trinajstić information content (AvgIpc) is 2.88. The number of ether oxygens (including phenoxy) is 1. The molecule has 0 bridgehead atoms. The van der Waals surface area contributed by atoms with Gasteiger partial charge >= 0.3 is 0 Å². The Labute approximate surface area is 129 Å². The van der Waals surface area contributed by atoms with Gasteiger partial charge in [-0.15, -0.1) is 0 Å². The van der Waals surface area contributed by atoms with E-state index < -0.39 is 0 Å². The van der Waals surface area contributed by atoms with Crippen molar-refractivity contribution in [3.05, 3.63) is 29.8 Å². The molecule has 1 aromatic carbocycles. The molecule has 0 radical (unpaired) electrons. The number of hydrogen-bond donors (Lipinski definition) is 1. The highest BCUT2D eigenvalue weighted by Crippen LogP contribution is 2.38. The number of methoxy groups -OCH3 is 1. The Morgan fingerprint density at radius 3 is 2.57 bits per heavy atom. The second-order valence-corrected chi connectivity index (χ2v) is 5.97. The first-order valence-corrected chi connectivity index (χ1v) is 7.82. The van der Waals surface area contributed by atoms with Crippen molar-refractivity contribution in [1.82, 2.24) is 4.37 Å². The normalized spacial score (nSPS) is 15.3. The molecule has 3 rings (SSSR count). The molecule has 2 heterocycles. The van der Waals surface area contributed by atoms with Gasteiger partial charge in [0.1, 0.15) is 0 Å². The molecule has 0 unspecified atom stereocenters. The van der Waals surface area contributed by atoms with E-state index in [1.807, 2.05) is 0 Å². The molecule has 1 saturated heterocycles. The minimum atomic E-state index is 0.485. The number of aromatic nitrogens is 1. The Morgan fingerprint density at radius 2 is 1.90 bits per heavy atom. The maximum absolute atomic E-state index is 5.83. The summed E-state index contributed by atoms with van der Waals surface area (Å²) >= 11 is 1.41. The van der Waals surface area contributed by atoms with Gasteiger partial charge in [0, 0.05) is 31.9 Å². The zero-order valence-electron chi connectivity index (χ0n) is 12.4. The molecule has 1 aromatic heterocycles. The van der Waals surface area contributed by atoms with Crippen LogP contribution in [0, 0.1) is 6.92 Å². The van der Waals surface area contributed by atoms with Crippen molar-refractivity contribution in [1.29, 1.82) is 0 Å². The molecular weight excluding hydrogens is 284 g/mol. The van der Waals surface area contributed by atoms with Gasteiger partial charge in [0.15, 0.2) is 16.6 Å². The smallest absolute Gasteiger partial charge is 0.197 e. The van der Waals surface area contributed by atoms with Crippen LogP contribution in [0.1, 0.15) is 5.56 Å². The van der Waals surface area contributed by atoms with Crippen molar-refractivity contribution >= 4 is 28.0 Å². The van der Waals surface area contributed by atoms with E-state index >= 15 is 0 Å². The van der Waals surface area contributed by atoms with E-state index in [9.17, 15) is 0 Å². The molecule has 0 aliphatic carbocycles. The van der Waals surface area contributed by atoms with Crippen LogP contribution < -0.4 is 20.3 Å². The Balaban J connectivity index is 1.70. The standard InChI is InChI=1S/C15H20N4OS/c1-11-4-3-5-12(10-11)18-6-8-19(9-7-18)15-13(20-2)14(16)17-21-15/h3-5,10H,6-9H2,1-2H3,(H2,16,17). The van der Waals surface area contributed by atoms with Gasteiger partial charge in [0.05, 0.1) is 7.11 Å². The third kappa shape index (κ3) is 2.76. The maximum Gasteiger partial charge on any atom is 0.197 e. The van der Waals surface area contributed by atoms with Crippen LogP contribution >= 0.6 is 11.5 Å². The van der Waals surface area contributed by atoms with Crippen LogP contribution in [0.2, 0.25) is 0 Å². The van der Waals surface area contributed by atoms with Crippen LogP contribution in [0.15, 0.2) is 24.3 Å². The van der Waals surface area contributed by atoms with E-state index in [1.54, 1.807) is 7.11 Å². The van der Waals surface area contributed by atoms with Gasteiger partial charge in [0.25, 0.3) is 0 Å². The first-order valence-electron chi connectivity index (χ1n) is 7.04. The lowest BCUT2D eigenvalue weighted by atomic mass is 10.2. The van der Waals surface area contributed by atoms with E-state index in [0.717, 1.165) is 31.2 Å². The number of benzene rings is 1. The lowest BCUT2D eigenvalue weighted by Crippen LogP contribution is -2.46. The minimum absolute atomic E-state index is 0.485.